The number of nitrogens with zero attached hydrogens (tertiary/aromatic N) is 2. The summed E-state index contributed by atoms with van der Waals surface area (Å²) >= 11 is 12.3. The fraction of sp³-hybridized carbons (Fsp3) is 0.429. The summed E-state index contributed by atoms with van der Waals surface area (Å²) < 4.78 is 53.2. The largest absolute Gasteiger partial charge is 0.506 e. The van der Waals surface area contributed by atoms with Crippen molar-refractivity contribution in [3.8, 4) is 11.5 Å². The van der Waals surface area contributed by atoms with E-state index in [1.165, 1.54) is 12.1 Å². The monoisotopic (exact) mass is 814 g/mol. The van der Waals surface area contributed by atoms with Gasteiger partial charge in [0.05, 0.1) is 42.7 Å². The normalized spacial score (nSPS) is 21.5. The van der Waals surface area contributed by atoms with Crippen LogP contribution >= 0.6 is 23.2 Å². The van der Waals surface area contributed by atoms with Crippen LogP contribution in [0.2, 0.25) is 10.0 Å². The molecule has 0 radical (unpaired) electrons. The predicted octanol–water partition coefficient (Wildman–Crippen LogP) is 11.1. The molecular weight excluding hydrogens is 764 g/mol. The molecule has 0 amide bonds. The zero-order valence-electron chi connectivity index (χ0n) is 31.6. The van der Waals surface area contributed by atoms with Gasteiger partial charge >= 0.3 is 0 Å². The van der Waals surface area contributed by atoms with E-state index in [1.54, 1.807) is 12.1 Å². The molecule has 8 nitrogen and oxygen atoms in total. The second-order valence-corrected chi connectivity index (χ2v) is 19.5. The van der Waals surface area contributed by atoms with Gasteiger partial charge in [0, 0.05) is 47.4 Å². The molecule has 0 bridgehead atoms. The second kappa shape index (κ2) is 17.1. The van der Waals surface area contributed by atoms with Crippen LogP contribution in [0, 0.1) is 10.8 Å². The summed E-state index contributed by atoms with van der Waals surface area (Å²) in [7, 11) is -7.14. The number of sulfone groups is 2. The summed E-state index contributed by atoms with van der Waals surface area (Å²) in [5, 5.41) is 20.5. The lowest BCUT2D eigenvalue weighted by Crippen LogP contribution is -2.37. The molecule has 0 spiro atoms. The Balaban J connectivity index is 0.000000208. The van der Waals surface area contributed by atoms with E-state index >= 15 is 0 Å². The maximum absolute atomic E-state index is 13.3. The first-order chi connectivity index (χ1) is 25.6. The van der Waals surface area contributed by atoms with Gasteiger partial charge in [0.1, 0.15) is 11.5 Å². The molecular formula is C42H52Cl2N2O6S2. The van der Waals surface area contributed by atoms with E-state index in [0.717, 1.165) is 62.7 Å². The maximum atomic E-state index is 13.3. The molecule has 4 aromatic rings. The predicted molar refractivity (Wildman–Crippen MR) is 222 cm³/mol. The number of para-hydroxylation sites is 2. The van der Waals surface area contributed by atoms with Gasteiger partial charge in [-0.05, 0) is 62.1 Å². The average molecular weight is 816 g/mol. The van der Waals surface area contributed by atoms with Crippen molar-refractivity contribution in [3.05, 3.63) is 95.0 Å². The van der Waals surface area contributed by atoms with Crippen molar-refractivity contribution in [2.24, 2.45) is 10.8 Å². The number of anilines is 4. The van der Waals surface area contributed by atoms with E-state index in [-0.39, 0.29) is 53.7 Å². The van der Waals surface area contributed by atoms with Crippen LogP contribution in [-0.4, -0.2) is 51.6 Å². The van der Waals surface area contributed by atoms with E-state index in [9.17, 15) is 27.0 Å². The minimum absolute atomic E-state index is 0.0773. The molecule has 292 valence electrons. The van der Waals surface area contributed by atoms with E-state index in [0.29, 0.717) is 24.5 Å². The molecule has 0 unspecified atom stereocenters. The Labute approximate surface area is 331 Å². The van der Waals surface area contributed by atoms with Crippen LogP contribution in [0.4, 0.5) is 22.7 Å². The molecule has 12 heteroatoms. The first kappa shape index (κ1) is 41.7. The van der Waals surface area contributed by atoms with E-state index in [1.807, 2.05) is 70.5 Å². The Morgan fingerprint density at radius 3 is 1.26 bits per heavy atom. The van der Waals surface area contributed by atoms with Gasteiger partial charge in [0.25, 0.3) is 0 Å². The first-order valence-electron chi connectivity index (χ1n) is 18.8. The third-order valence-electron chi connectivity index (χ3n) is 11.0. The molecule has 4 aromatic carbocycles. The van der Waals surface area contributed by atoms with Crippen molar-refractivity contribution >= 4 is 65.6 Å². The van der Waals surface area contributed by atoms with Crippen LogP contribution in [0.15, 0.2) is 94.7 Å². The van der Waals surface area contributed by atoms with Gasteiger partial charge in [-0.2, -0.15) is 0 Å². The number of phenols is 2. The third-order valence-corrected chi connectivity index (χ3v) is 15.6. The van der Waals surface area contributed by atoms with Crippen LogP contribution < -0.4 is 9.80 Å². The Morgan fingerprint density at radius 1 is 0.593 bits per heavy atom. The lowest BCUT2D eigenvalue weighted by molar-refractivity contribution is 0.290. The highest BCUT2D eigenvalue weighted by atomic mass is 35.5. The number of benzene rings is 4. The summed E-state index contributed by atoms with van der Waals surface area (Å²) in [6, 6.07) is 25.3. The highest BCUT2D eigenvalue weighted by molar-refractivity contribution is 7.92. The van der Waals surface area contributed by atoms with Crippen molar-refractivity contribution < 1.29 is 27.0 Å². The van der Waals surface area contributed by atoms with Gasteiger partial charge in [-0.15, -0.1) is 0 Å². The second-order valence-electron chi connectivity index (χ2n) is 14.8. The number of phenolic OH excluding ortho intramolecular Hbond substituents is 2. The van der Waals surface area contributed by atoms with Crippen molar-refractivity contribution in [3.63, 3.8) is 0 Å². The smallest absolute Gasteiger partial charge is 0.181 e. The molecule has 54 heavy (non-hydrogen) atoms. The Hall–Kier alpha value is -3.44. The fourth-order valence-corrected chi connectivity index (χ4v) is 12.4. The number of unbranched alkanes of at least 4 members (excludes halogenated alkanes) is 2. The molecule has 0 aliphatic carbocycles. The highest BCUT2D eigenvalue weighted by Gasteiger charge is 2.43. The number of fused-ring (bicyclic) bond motifs is 2. The standard InChI is InChI=1S/2C21H26ClNO3S/c2*1-3-5-11-21(4-2)14-23(16-9-7-6-8-10-16)18-12-17(22)19(24)13-20(18)27(25,26)15-21/h2*6-10,12-13,24H,3-5,11,14-15H2,1-2H3/t2*21-/m10/s1. The molecule has 2 aliphatic rings. The molecule has 2 heterocycles. The van der Waals surface area contributed by atoms with Gasteiger partial charge in [-0.3, -0.25) is 0 Å². The van der Waals surface area contributed by atoms with Crippen LogP contribution in [0.1, 0.15) is 79.1 Å². The number of hydrogen-bond acceptors (Lipinski definition) is 8. The van der Waals surface area contributed by atoms with Gasteiger partial charge in [0.2, 0.25) is 0 Å². The summed E-state index contributed by atoms with van der Waals surface area (Å²) in [5.74, 6) is -0.254. The lowest BCUT2D eigenvalue weighted by Gasteiger charge is -2.36. The Kier molecular flexibility index (Phi) is 13.2. The third kappa shape index (κ3) is 8.99. The topological polar surface area (TPSA) is 115 Å². The van der Waals surface area contributed by atoms with E-state index in [2.05, 4.69) is 27.7 Å². The molecule has 0 fully saturated rings. The van der Waals surface area contributed by atoms with Crippen LogP contribution in [0.25, 0.3) is 0 Å². The molecule has 2 N–H and O–H groups in total. The van der Waals surface area contributed by atoms with Crippen LogP contribution in [0.3, 0.4) is 0 Å². The Bertz CT molecular complexity index is 1980. The summed E-state index contributed by atoms with van der Waals surface area (Å²) in [6.07, 6.45) is 7.22. The van der Waals surface area contributed by atoms with Gasteiger partial charge in [-0.25, -0.2) is 16.8 Å². The highest BCUT2D eigenvalue weighted by Crippen LogP contribution is 2.48. The van der Waals surface area contributed by atoms with Crippen molar-refractivity contribution in [1.29, 1.82) is 0 Å². The van der Waals surface area contributed by atoms with Gasteiger partial charge < -0.3 is 20.0 Å². The first-order valence-corrected chi connectivity index (χ1v) is 22.9. The SMILES string of the molecule is CCCC[C@@]1(CC)CN(c2ccccc2)c2cc(Cl)c(O)cc2S(=O)(=O)C1.CCCC[C@]1(CC)CN(c2ccccc2)c2cc(Cl)c(O)cc2S(=O)(=O)C1. The Morgan fingerprint density at radius 2 is 0.944 bits per heavy atom. The van der Waals surface area contributed by atoms with Gasteiger partial charge in [-0.1, -0.05) is 113 Å². The van der Waals surface area contributed by atoms with Crippen molar-refractivity contribution in [2.75, 3.05) is 34.4 Å². The fourth-order valence-electron chi connectivity index (χ4n) is 7.74. The molecule has 6 rings (SSSR count). The minimum atomic E-state index is -3.57. The molecule has 2 aliphatic heterocycles. The molecule has 0 saturated heterocycles. The van der Waals surface area contributed by atoms with Crippen LogP contribution in [0.5, 0.6) is 11.5 Å². The average Bonchev–Trinajstić information content (AvgIpc) is 3.32. The maximum Gasteiger partial charge on any atom is 0.181 e. The lowest BCUT2D eigenvalue weighted by atomic mass is 9.81. The molecule has 2 atom stereocenters. The summed E-state index contributed by atoms with van der Waals surface area (Å²) in [5.41, 5.74) is 2.21. The van der Waals surface area contributed by atoms with Crippen LogP contribution in [-0.2, 0) is 19.7 Å². The number of hydrogen-bond donors (Lipinski definition) is 2. The molecule has 0 aromatic heterocycles. The number of halogens is 2. The summed E-state index contributed by atoms with van der Waals surface area (Å²) in [6.45, 7) is 9.57. The molecule has 0 saturated carbocycles. The zero-order chi connectivity index (χ0) is 39.3. The number of rotatable bonds is 10. The zero-order valence-corrected chi connectivity index (χ0v) is 34.7. The summed E-state index contributed by atoms with van der Waals surface area (Å²) in [4.78, 5) is 4.40. The number of aromatic hydroxyl groups is 2. The van der Waals surface area contributed by atoms with Crippen molar-refractivity contribution in [2.45, 2.75) is 88.9 Å². The quantitative estimate of drug-likeness (QED) is 0.163. The van der Waals surface area contributed by atoms with E-state index < -0.39 is 19.7 Å². The van der Waals surface area contributed by atoms with E-state index in [4.69, 9.17) is 23.2 Å². The van der Waals surface area contributed by atoms with Crippen molar-refractivity contribution in [1.82, 2.24) is 0 Å². The minimum Gasteiger partial charge on any atom is -0.506 e. The van der Waals surface area contributed by atoms with Gasteiger partial charge in [0.15, 0.2) is 19.7 Å².